The van der Waals surface area contributed by atoms with Crippen LogP contribution in [0.1, 0.15) is 21.7 Å². The second-order valence-electron chi connectivity index (χ2n) is 6.30. The summed E-state index contributed by atoms with van der Waals surface area (Å²) in [5.74, 6) is -0.399. The predicted molar refractivity (Wildman–Crippen MR) is 102 cm³/mol. The first kappa shape index (κ1) is 19.5. The van der Waals surface area contributed by atoms with Crippen molar-refractivity contribution in [3.05, 3.63) is 71.8 Å². The Morgan fingerprint density at radius 2 is 1.82 bits per heavy atom. The number of carbonyl (C=O) groups excluding carboxylic acids is 1. The summed E-state index contributed by atoms with van der Waals surface area (Å²) in [6.45, 7) is 2.49. The molecule has 2 heterocycles. The molecule has 0 radical (unpaired) electrons. The van der Waals surface area contributed by atoms with Crippen LogP contribution in [0.25, 0.3) is 5.69 Å². The zero-order chi connectivity index (χ0) is 20.3. The van der Waals surface area contributed by atoms with E-state index in [1.54, 1.807) is 42.7 Å². The molecule has 0 spiro atoms. The highest BCUT2D eigenvalue weighted by molar-refractivity contribution is 6.07. The van der Waals surface area contributed by atoms with Crippen LogP contribution in [0, 0.1) is 13.8 Å². The van der Waals surface area contributed by atoms with Crippen molar-refractivity contribution in [1.82, 2.24) is 9.55 Å². The maximum absolute atomic E-state index is 12.8. The molecule has 146 valence electrons. The number of carbonyl (C=O) groups is 1. The van der Waals surface area contributed by atoms with Gasteiger partial charge in [-0.05, 0) is 44.2 Å². The van der Waals surface area contributed by atoms with E-state index < -0.39 is 18.6 Å². The number of para-hydroxylation sites is 2. The summed E-state index contributed by atoms with van der Waals surface area (Å²) < 4.78 is 39.4. The van der Waals surface area contributed by atoms with E-state index in [4.69, 9.17) is 0 Å². The van der Waals surface area contributed by atoms with E-state index in [1.807, 2.05) is 24.5 Å². The molecule has 2 N–H and O–H groups in total. The van der Waals surface area contributed by atoms with Gasteiger partial charge < -0.3 is 15.2 Å². The van der Waals surface area contributed by atoms with Crippen molar-refractivity contribution < 1.29 is 18.0 Å². The smallest absolute Gasteiger partial charge is 0.375 e. The van der Waals surface area contributed by atoms with Gasteiger partial charge in [0.1, 0.15) is 6.54 Å². The quantitative estimate of drug-likeness (QED) is 0.665. The molecule has 5 nitrogen and oxygen atoms in total. The zero-order valence-corrected chi connectivity index (χ0v) is 15.3. The third-order valence-electron chi connectivity index (χ3n) is 4.23. The van der Waals surface area contributed by atoms with Gasteiger partial charge in [-0.15, -0.1) is 0 Å². The highest BCUT2D eigenvalue weighted by Gasteiger charge is 2.27. The van der Waals surface area contributed by atoms with Crippen LogP contribution in [0.2, 0.25) is 0 Å². The third-order valence-corrected chi connectivity index (χ3v) is 4.23. The molecule has 0 aliphatic rings. The zero-order valence-electron chi connectivity index (χ0n) is 15.3. The minimum atomic E-state index is -4.36. The van der Waals surface area contributed by atoms with Gasteiger partial charge in [0.2, 0.25) is 0 Å². The second-order valence-corrected chi connectivity index (χ2v) is 6.30. The average Bonchev–Trinajstić information content (AvgIpc) is 2.95. The van der Waals surface area contributed by atoms with Crippen LogP contribution in [-0.2, 0) is 0 Å². The molecule has 0 unspecified atom stereocenters. The molecule has 0 atom stereocenters. The lowest BCUT2D eigenvalue weighted by atomic mass is 10.2. The summed E-state index contributed by atoms with van der Waals surface area (Å²) in [5.41, 5.74) is 3.30. The number of benzene rings is 1. The van der Waals surface area contributed by atoms with E-state index in [9.17, 15) is 18.0 Å². The molecule has 1 aromatic carbocycles. The molecule has 8 heteroatoms. The Morgan fingerprint density at radius 3 is 2.46 bits per heavy atom. The summed E-state index contributed by atoms with van der Waals surface area (Å²) in [5, 5.41) is 5.01. The monoisotopic (exact) mass is 388 g/mol. The number of amides is 1. The first-order chi connectivity index (χ1) is 13.3. The van der Waals surface area contributed by atoms with E-state index in [2.05, 4.69) is 15.6 Å². The normalized spacial score (nSPS) is 11.3. The molecule has 2 aromatic heterocycles. The Hall–Kier alpha value is -3.29. The predicted octanol–water partition coefficient (Wildman–Crippen LogP) is 4.72. The van der Waals surface area contributed by atoms with E-state index in [0.29, 0.717) is 11.3 Å². The van der Waals surface area contributed by atoms with Crippen LogP contribution in [-0.4, -0.2) is 28.2 Å². The number of hydrogen-bond donors (Lipinski definition) is 2. The standard InChI is InChI=1S/C20H19F3N4O/c1-13-10-16(14(2)27(13)15-6-5-9-24-11-15)19(28)26-18-8-4-3-7-17(18)25-12-20(21,22)23/h3-11,25H,12H2,1-2H3,(H,26,28). The Balaban J connectivity index is 1.85. The molecule has 0 aliphatic heterocycles. The highest BCUT2D eigenvalue weighted by atomic mass is 19.4. The van der Waals surface area contributed by atoms with E-state index >= 15 is 0 Å². The molecule has 0 aliphatic carbocycles. The maximum atomic E-state index is 12.8. The Morgan fingerprint density at radius 1 is 1.11 bits per heavy atom. The summed E-state index contributed by atoms with van der Waals surface area (Å²) in [6.07, 6.45) is -1.00. The third kappa shape index (κ3) is 4.33. The Bertz CT molecular complexity index is 981. The van der Waals surface area contributed by atoms with E-state index in [1.165, 1.54) is 6.07 Å². The van der Waals surface area contributed by atoms with E-state index in [0.717, 1.165) is 11.4 Å². The number of nitrogens with zero attached hydrogens (tertiary/aromatic N) is 2. The van der Waals surface area contributed by atoms with Crippen molar-refractivity contribution in [2.24, 2.45) is 0 Å². The second kappa shape index (κ2) is 7.75. The van der Waals surface area contributed by atoms with Gasteiger partial charge in [0.15, 0.2) is 0 Å². The largest absolute Gasteiger partial charge is 0.405 e. The lowest BCUT2D eigenvalue weighted by molar-refractivity contribution is -0.115. The number of nitrogens with one attached hydrogen (secondary N) is 2. The average molecular weight is 388 g/mol. The van der Waals surface area contributed by atoms with Gasteiger partial charge in [-0.3, -0.25) is 9.78 Å². The van der Waals surface area contributed by atoms with Gasteiger partial charge in [-0.25, -0.2) is 0 Å². The van der Waals surface area contributed by atoms with Gasteiger partial charge in [0.25, 0.3) is 5.91 Å². The van der Waals surface area contributed by atoms with Crippen molar-refractivity contribution in [1.29, 1.82) is 0 Å². The lowest BCUT2D eigenvalue weighted by Gasteiger charge is -2.14. The van der Waals surface area contributed by atoms with Gasteiger partial charge >= 0.3 is 6.18 Å². The molecule has 0 saturated heterocycles. The molecular weight excluding hydrogens is 369 g/mol. The molecule has 3 rings (SSSR count). The van der Waals surface area contributed by atoms with Crippen molar-refractivity contribution in [3.63, 3.8) is 0 Å². The van der Waals surface area contributed by atoms with Gasteiger partial charge in [-0.1, -0.05) is 12.1 Å². The van der Waals surface area contributed by atoms with Gasteiger partial charge in [0.05, 0.1) is 28.8 Å². The summed E-state index contributed by atoms with van der Waals surface area (Å²) in [4.78, 5) is 16.9. The number of halogens is 3. The number of aryl methyl sites for hydroxylation is 1. The van der Waals surface area contributed by atoms with Crippen molar-refractivity contribution >= 4 is 17.3 Å². The Labute approximate surface area is 160 Å². The first-order valence-electron chi connectivity index (χ1n) is 8.56. The number of alkyl halides is 3. The fourth-order valence-corrected chi connectivity index (χ4v) is 3.01. The van der Waals surface area contributed by atoms with Crippen molar-refractivity contribution in [2.45, 2.75) is 20.0 Å². The van der Waals surface area contributed by atoms with Crippen LogP contribution in [0.4, 0.5) is 24.5 Å². The van der Waals surface area contributed by atoms with Gasteiger partial charge in [0, 0.05) is 17.6 Å². The summed E-state index contributed by atoms with van der Waals surface area (Å²) in [6, 6.07) is 11.7. The Kier molecular flexibility index (Phi) is 5.39. The minimum Gasteiger partial charge on any atom is -0.375 e. The number of anilines is 2. The fourth-order valence-electron chi connectivity index (χ4n) is 3.01. The molecule has 28 heavy (non-hydrogen) atoms. The van der Waals surface area contributed by atoms with Gasteiger partial charge in [-0.2, -0.15) is 13.2 Å². The van der Waals surface area contributed by atoms with Crippen LogP contribution in [0.15, 0.2) is 54.9 Å². The fraction of sp³-hybridized carbons (Fsp3) is 0.200. The van der Waals surface area contributed by atoms with Crippen molar-refractivity contribution in [3.8, 4) is 5.69 Å². The van der Waals surface area contributed by atoms with Crippen molar-refractivity contribution in [2.75, 3.05) is 17.2 Å². The summed E-state index contributed by atoms with van der Waals surface area (Å²) >= 11 is 0. The number of pyridine rings is 1. The molecule has 3 aromatic rings. The SMILES string of the molecule is Cc1cc(C(=O)Nc2ccccc2NCC(F)(F)F)c(C)n1-c1cccnc1. The number of hydrogen-bond acceptors (Lipinski definition) is 3. The molecule has 0 bridgehead atoms. The summed E-state index contributed by atoms with van der Waals surface area (Å²) in [7, 11) is 0. The van der Waals surface area contributed by atoms with Crippen LogP contribution in [0.5, 0.6) is 0 Å². The van der Waals surface area contributed by atoms with Crippen LogP contribution in [0.3, 0.4) is 0 Å². The maximum Gasteiger partial charge on any atom is 0.405 e. The molecule has 0 saturated carbocycles. The lowest BCUT2D eigenvalue weighted by Crippen LogP contribution is -2.22. The number of rotatable bonds is 5. The van der Waals surface area contributed by atoms with Crippen LogP contribution >= 0.6 is 0 Å². The highest BCUT2D eigenvalue weighted by Crippen LogP contribution is 2.26. The number of aromatic nitrogens is 2. The molecular formula is C20H19F3N4O. The molecule has 0 fully saturated rings. The molecule has 1 amide bonds. The minimum absolute atomic E-state index is 0.203. The topological polar surface area (TPSA) is 59.0 Å². The van der Waals surface area contributed by atoms with E-state index in [-0.39, 0.29) is 11.4 Å². The van der Waals surface area contributed by atoms with Crippen LogP contribution < -0.4 is 10.6 Å². The first-order valence-corrected chi connectivity index (χ1v) is 8.56.